The first-order chi connectivity index (χ1) is 15.0. The van der Waals surface area contributed by atoms with Crippen LogP contribution in [0, 0.1) is 17.2 Å². The van der Waals surface area contributed by atoms with E-state index in [1.54, 1.807) is 4.90 Å². The molecule has 1 aromatic rings. The van der Waals surface area contributed by atoms with Gasteiger partial charge in [-0.05, 0) is 50.6 Å². The Morgan fingerprint density at radius 3 is 2.44 bits per heavy atom. The zero-order valence-electron chi connectivity index (χ0n) is 19.3. The van der Waals surface area contributed by atoms with Crippen LogP contribution < -0.4 is 10.6 Å². The molecule has 2 rings (SSSR count). The highest BCUT2D eigenvalue weighted by Gasteiger charge is 2.28. The number of hydrogen-bond acceptors (Lipinski definition) is 4. The van der Waals surface area contributed by atoms with E-state index >= 15 is 0 Å². The first kappa shape index (κ1) is 26.1. The van der Waals surface area contributed by atoms with Gasteiger partial charge in [-0.1, -0.05) is 25.4 Å². The minimum absolute atomic E-state index is 0.0155. The zero-order chi connectivity index (χ0) is 23.9. The molecule has 1 heterocycles. The van der Waals surface area contributed by atoms with E-state index in [0.29, 0.717) is 32.5 Å². The van der Waals surface area contributed by atoms with Gasteiger partial charge in [0, 0.05) is 45.1 Å². The molecule has 3 amide bonds. The molecule has 0 aliphatic carbocycles. The molecule has 0 atom stereocenters. The fourth-order valence-corrected chi connectivity index (χ4v) is 4.24. The Labute approximate surface area is 194 Å². The molecule has 1 aliphatic rings. The van der Waals surface area contributed by atoms with Crippen LogP contribution in [0.1, 0.15) is 43.5 Å². The van der Waals surface area contributed by atoms with Gasteiger partial charge in [0.2, 0.25) is 11.8 Å². The lowest BCUT2D eigenvalue weighted by atomic mass is 9.91. The summed E-state index contributed by atoms with van der Waals surface area (Å²) in [4.78, 5) is 41.0. The van der Waals surface area contributed by atoms with Crippen molar-refractivity contribution in [1.29, 1.82) is 0 Å². The molecule has 1 aromatic carbocycles. The number of likely N-dealkylation sites (tertiary alicyclic amines) is 1. The molecule has 0 spiro atoms. The van der Waals surface area contributed by atoms with E-state index in [1.165, 1.54) is 6.07 Å². The van der Waals surface area contributed by atoms with Crippen molar-refractivity contribution < 1.29 is 18.8 Å². The number of rotatable bonds is 9. The van der Waals surface area contributed by atoms with Gasteiger partial charge < -0.3 is 20.4 Å². The van der Waals surface area contributed by atoms with Crippen molar-refractivity contribution in [2.24, 2.45) is 11.3 Å². The number of benzene rings is 1. The third-order valence-corrected chi connectivity index (χ3v) is 5.82. The Morgan fingerprint density at radius 1 is 1.19 bits per heavy atom. The molecule has 2 N–H and O–H groups in total. The van der Waals surface area contributed by atoms with E-state index < -0.39 is 11.7 Å². The molecule has 0 unspecified atom stereocenters. The maximum atomic E-state index is 13.1. The van der Waals surface area contributed by atoms with Crippen LogP contribution in [-0.4, -0.2) is 74.3 Å². The number of nitrogens with one attached hydrogen (secondary N) is 2. The molecule has 1 aliphatic heterocycles. The van der Waals surface area contributed by atoms with Crippen molar-refractivity contribution in [2.45, 2.75) is 33.1 Å². The van der Waals surface area contributed by atoms with Gasteiger partial charge in [0.1, 0.15) is 5.82 Å². The summed E-state index contributed by atoms with van der Waals surface area (Å²) in [6.45, 7) is 6.94. The van der Waals surface area contributed by atoms with Crippen molar-refractivity contribution in [3.63, 3.8) is 0 Å². The number of amides is 3. The van der Waals surface area contributed by atoms with Crippen molar-refractivity contribution >= 4 is 29.3 Å². The fraction of sp³-hybridized carbons (Fsp3) is 0.609. The number of piperidine rings is 1. The Balaban J connectivity index is 1.71. The van der Waals surface area contributed by atoms with Gasteiger partial charge in [-0.25, -0.2) is 4.39 Å². The van der Waals surface area contributed by atoms with Gasteiger partial charge in [-0.2, -0.15) is 0 Å². The van der Waals surface area contributed by atoms with Crippen molar-refractivity contribution in [3.8, 4) is 0 Å². The van der Waals surface area contributed by atoms with E-state index in [4.69, 9.17) is 11.6 Å². The molecule has 1 fully saturated rings. The van der Waals surface area contributed by atoms with E-state index in [2.05, 4.69) is 29.4 Å². The van der Waals surface area contributed by atoms with Gasteiger partial charge in [0.25, 0.3) is 5.91 Å². The van der Waals surface area contributed by atoms with E-state index in [0.717, 1.165) is 18.7 Å². The van der Waals surface area contributed by atoms with E-state index in [9.17, 15) is 18.8 Å². The predicted molar refractivity (Wildman–Crippen MR) is 123 cm³/mol. The van der Waals surface area contributed by atoms with Crippen LogP contribution in [0.25, 0.3) is 0 Å². The van der Waals surface area contributed by atoms with Crippen LogP contribution in [0.5, 0.6) is 0 Å². The highest BCUT2D eigenvalue weighted by Crippen LogP contribution is 2.20. The maximum Gasteiger partial charge on any atom is 0.252 e. The molecule has 0 aromatic heterocycles. The first-order valence-corrected chi connectivity index (χ1v) is 11.3. The Bertz CT molecular complexity index is 823. The summed E-state index contributed by atoms with van der Waals surface area (Å²) in [5.41, 5.74) is 0.152. The van der Waals surface area contributed by atoms with Crippen LogP contribution in [0.4, 0.5) is 4.39 Å². The van der Waals surface area contributed by atoms with Gasteiger partial charge in [-0.15, -0.1) is 0 Å². The summed E-state index contributed by atoms with van der Waals surface area (Å²) in [6.07, 6.45) is 1.41. The minimum atomic E-state index is -0.518. The van der Waals surface area contributed by atoms with Crippen LogP contribution in [0.3, 0.4) is 0 Å². The topological polar surface area (TPSA) is 81.8 Å². The lowest BCUT2D eigenvalue weighted by Crippen LogP contribution is -2.46. The van der Waals surface area contributed by atoms with Gasteiger partial charge in [0.05, 0.1) is 10.6 Å². The smallest absolute Gasteiger partial charge is 0.252 e. The normalized spacial score (nSPS) is 15.0. The number of hydrogen-bond donors (Lipinski definition) is 2. The third-order valence-electron chi connectivity index (χ3n) is 5.50. The van der Waals surface area contributed by atoms with Crippen LogP contribution >= 0.6 is 11.6 Å². The molecule has 0 saturated carbocycles. The van der Waals surface area contributed by atoms with E-state index in [1.807, 2.05) is 14.1 Å². The van der Waals surface area contributed by atoms with Crippen LogP contribution in [-0.2, 0) is 9.59 Å². The number of halogens is 2. The molecular formula is C23H34ClFN4O3. The second-order valence-electron chi connectivity index (χ2n) is 9.40. The molecular weight excluding hydrogens is 435 g/mol. The van der Waals surface area contributed by atoms with E-state index in [-0.39, 0.29) is 46.7 Å². The summed E-state index contributed by atoms with van der Waals surface area (Å²) in [7, 11) is 4.03. The number of carbonyl (C=O) groups is 3. The lowest BCUT2D eigenvalue weighted by Gasteiger charge is -2.33. The summed E-state index contributed by atoms with van der Waals surface area (Å²) < 4.78 is 13.1. The largest absolute Gasteiger partial charge is 0.355 e. The average molecular weight is 469 g/mol. The Kier molecular flexibility index (Phi) is 9.46. The third kappa shape index (κ3) is 8.06. The molecule has 7 nitrogen and oxygen atoms in total. The minimum Gasteiger partial charge on any atom is -0.355 e. The second kappa shape index (κ2) is 11.6. The monoisotopic (exact) mass is 468 g/mol. The highest BCUT2D eigenvalue weighted by atomic mass is 35.5. The fourth-order valence-electron chi connectivity index (χ4n) is 3.98. The van der Waals surface area contributed by atoms with Crippen LogP contribution in [0.15, 0.2) is 18.2 Å². The summed E-state index contributed by atoms with van der Waals surface area (Å²) in [5, 5.41) is 5.73. The zero-order valence-corrected chi connectivity index (χ0v) is 20.1. The van der Waals surface area contributed by atoms with Crippen molar-refractivity contribution in [2.75, 3.05) is 46.8 Å². The average Bonchev–Trinajstić information content (AvgIpc) is 2.71. The van der Waals surface area contributed by atoms with Crippen molar-refractivity contribution in [1.82, 2.24) is 20.4 Å². The van der Waals surface area contributed by atoms with Gasteiger partial charge in [-0.3, -0.25) is 14.4 Å². The Morgan fingerprint density at radius 2 is 1.84 bits per heavy atom. The molecule has 32 heavy (non-hydrogen) atoms. The first-order valence-electron chi connectivity index (χ1n) is 10.9. The van der Waals surface area contributed by atoms with Crippen molar-refractivity contribution in [3.05, 3.63) is 34.6 Å². The second-order valence-corrected chi connectivity index (χ2v) is 9.81. The standard InChI is InChI=1S/C23H34ClFN4O3/c1-23(2,15-28(3)4)14-27-21(31)16-8-11-29(12-9-16)20(30)7-10-26-22(32)18-6-5-17(25)13-19(18)24/h5-6,13,16H,7-12,14-15H2,1-4H3,(H,26,32)(H,27,31). The summed E-state index contributed by atoms with van der Waals surface area (Å²) in [5.74, 6) is -1.07. The SMILES string of the molecule is CN(C)CC(C)(C)CNC(=O)C1CCN(C(=O)CCNC(=O)c2ccc(F)cc2Cl)CC1. The number of carbonyl (C=O) groups excluding carboxylic acids is 3. The lowest BCUT2D eigenvalue weighted by molar-refractivity contribution is -0.135. The maximum absolute atomic E-state index is 13.1. The molecule has 1 saturated heterocycles. The van der Waals surface area contributed by atoms with Crippen LogP contribution in [0.2, 0.25) is 5.02 Å². The summed E-state index contributed by atoms with van der Waals surface area (Å²) in [6, 6.07) is 3.55. The summed E-state index contributed by atoms with van der Waals surface area (Å²) >= 11 is 5.89. The molecule has 9 heteroatoms. The Hall–Kier alpha value is -2.19. The molecule has 0 bridgehead atoms. The molecule has 0 radical (unpaired) electrons. The predicted octanol–water partition coefficient (Wildman–Crippen LogP) is 2.54. The highest BCUT2D eigenvalue weighted by molar-refractivity contribution is 6.33. The van der Waals surface area contributed by atoms with Gasteiger partial charge >= 0.3 is 0 Å². The number of nitrogens with zero attached hydrogens (tertiary/aromatic N) is 2. The molecule has 178 valence electrons. The quantitative estimate of drug-likeness (QED) is 0.583. The van der Waals surface area contributed by atoms with Gasteiger partial charge in [0.15, 0.2) is 0 Å².